The number of rotatable bonds is 6. The Balaban J connectivity index is 1.78. The Kier molecular flexibility index (Phi) is 5.91. The normalized spacial score (nSPS) is 17.5. The minimum Gasteiger partial charge on any atom is -0.379 e. The standard InChI is InChI=1S/C18H24N2O3S2/c1-14-5-6-18(15(2)12-14)25(21,22)19-13-16(17-4-3-11-24-17)20-7-9-23-10-8-20/h3-6,11-12,16,19H,7-10,13H2,1-2H3. The van der Waals surface area contributed by atoms with Crippen molar-refractivity contribution in [2.24, 2.45) is 0 Å². The molecule has 1 atom stereocenters. The first-order chi connectivity index (χ1) is 12.0. The van der Waals surface area contributed by atoms with E-state index in [1.165, 1.54) is 4.88 Å². The molecular weight excluding hydrogens is 356 g/mol. The molecule has 25 heavy (non-hydrogen) atoms. The van der Waals surface area contributed by atoms with E-state index in [4.69, 9.17) is 4.74 Å². The zero-order valence-electron chi connectivity index (χ0n) is 14.6. The predicted octanol–water partition coefficient (Wildman–Crippen LogP) is 2.72. The largest absolute Gasteiger partial charge is 0.379 e. The molecule has 0 radical (unpaired) electrons. The van der Waals surface area contributed by atoms with E-state index >= 15 is 0 Å². The fourth-order valence-electron chi connectivity index (χ4n) is 3.15. The van der Waals surface area contributed by atoms with Crippen molar-refractivity contribution in [3.8, 4) is 0 Å². The monoisotopic (exact) mass is 380 g/mol. The number of benzene rings is 1. The molecule has 0 saturated carbocycles. The molecule has 5 nitrogen and oxygen atoms in total. The number of nitrogens with zero attached hydrogens (tertiary/aromatic N) is 1. The molecule has 1 aromatic carbocycles. The second-order valence-corrected chi connectivity index (χ2v) is 9.02. The fourth-order valence-corrected chi connectivity index (χ4v) is 5.27. The van der Waals surface area contributed by atoms with Gasteiger partial charge in [0.25, 0.3) is 0 Å². The van der Waals surface area contributed by atoms with Crippen LogP contribution in [0.15, 0.2) is 40.6 Å². The molecule has 1 unspecified atom stereocenters. The molecule has 2 aromatic rings. The number of aryl methyl sites for hydroxylation is 2. The molecule has 0 spiro atoms. The van der Waals surface area contributed by atoms with E-state index < -0.39 is 10.0 Å². The van der Waals surface area contributed by atoms with Gasteiger partial charge in [-0.05, 0) is 36.9 Å². The minimum absolute atomic E-state index is 0.0319. The highest BCUT2D eigenvalue weighted by Gasteiger charge is 2.26. The highest BCUT2D eigenvalue weighted by atomic mass is 32.2. The van der Waals surface area contributed by atoms with Crippen LogP contribution in [-0.2, 0) is 14.8 Å². The third-order valence-electron chi connectivity index (χ3n) is 4.44. The molecule has 1 aliphatic heterocycles. The molecule has 1 fully saturated rings. The van der Waals surface area contributed by atoms with E-state index in [-0.39, 0.29) is 6.04 Å². The van der Waals surface area contributed by atoms with E-state index in [1.54, 1.807) is 17.4 Å². The van der Waals surface area contributed by atoms with Crippen molar-refractivity contribution in [3.63, 3.8) is 0 Å². The topological polar surface area (TPSA) is 58.6 Å². The summed E-state index contributed by atoms with van der Waals surface area (Å²) in [6.07, 6.45) is 0. The zero-order valence-corrected chi connectivity index (χ0v) is 16.2. The zero-order chi connectivity index (χ0) is 17.9. The lowest BCUT2D eigenvalue weighted by Gasteiger charge is -2.34. The third kappa shape index (κ3) is 4.48. The van der Waals surface area contributed by atoms with Gasteiger partial charge in [-0.15, -0.1) is 11.3 Å². The van der Waals surface area contributed by atoms with Crippen LogP contribution in [0.4, 0.5) is 0 Å². The lowest BCUT2D eigenvalue weighted by Crippen LogP contribution is -2.43. The van der Waals surface area contributed by atoms with Crippen LogP contribution in [0, 0.1) is 13.8 Å². The lowest BCUT2D eigenvalue weighted by atomic mass is 10.2. The maximum absolute atomic E-state index is 12.8. The van der Waals surface area contributed by atoms with Gasteiger partial charge in [-0.25, -0.2) is 13.1 Å². The van der Waals surface area contributed by atoms with Gasteiger partial charge in [-0.3, -0.25) is 4.90 Å². The van der Waals surface area contributed by atoms with Gasteiger partial charge in [-0.2, -0.15) is 0 Å². The Morgan fingerprint density at radius 1 is 1.24 bits per heavy atom. The van der Waals surface area contributed by atoms with Gasteiger partial charge in [0.15, 0.2) is 0 Å². The molecule has 1 aliphatic rings. The third-order valence-corrected chi connectivity index (χ3v) is 7.00. The Hall–Kier alpha value is -1.25. The Bertz CT molecular complexity index is 798. The van der Waals surface area contributed by atoms with Gasteiger partial charge < -0.3 is 4.74 Å². The first kappa shape index (κ1) is 18.5. The van der Waals surface area contributed by atoms with Crippen molar-refractivity contribution >= 4 is 21.4 Å². The van der Waals surface area contributed by atoms with Crippen molar-refractivity contribution in [2.45, 2.75) is 24.8 Å². The molecule has 2 heterocycles. The summed E-state index contributed by atoms with van der Waals surface area (Å²) in [4.78, 5) is 3.81. The number of sulfonamides is 1. The summed E-state index contributed by atoms with van der Waals surface area (Å²) >= 11 is 1.66. The first-order valence-electron chi connectivity index (χ1n) is 8.39. The quantitative estimate of drug-likeness (QED) is 0.837. The van der Waals surface area contributed by atoms with Crippen molar-refractivity contribution in [1.82, 2.24) is 9.62 Å². The maximum atomic E-state index is 12.8. The molecule has 1 saturated heterocycles. The van der Waals surface area contributed by atoms with Crippen LogP contribution in [0.3, 0.4) is 0 Å². The summed E-state index contributed by atoms with van der Waals surface area (Å²) in [5, 5.41) is 2.03. The van der Waals surface area contributed by atoms with E-state index in [0.717, 1.165) is 24.2 Å². The highest BCUT2D eigenvalue weighted by molar-refractivity contribution is 7.89. The molecule has 0 amide bonds. The van der Waals surface area contributed by atoms with Crippen LogP contribution < -0.4 is 4.72 Å². The second kappa shape index (κ2) is 7.97. The summed E-state index contributed by atoms with van der Waals surface area (Å²) < 4.78 is 33.8. The van der Waals surface area contributed by atoms with Gasteiger partial charge in [0.1, 0.15) is 0 Å². The molecule has 7 heteroatoms. The van der Waals surface area contributed by atoms with Gasteiger partial charge in [0, 0.05) is 24.5 Å². The van der Waals surface area contributed by atoms with E-state index in [9.17, 15) is 8.42 Å². The lowest BCUT2D eigenvalue weighted by molar-refractivity contribution is 0.0179. The molecule has 136 valence electrons. The average molecular weight is 381 g/mol. The number of nitrogens with one attached hydrogen (secondary N) is 1. The van der Waals surface area contributed by atoms with E-state index in [2.05, 4.69) is 15.7 Å². The van der Waals surface area contributed by atoms with Crippen LogP contribution in [0.1, 0.15) is 22.0 Å². The SMILES string of the molecule is Cc1ccc(S(=O)(=O)NCC(c2cccs2)N2CCOCC2)c(C)c1. The van der Waals surface area contributed by atoms with E-state index in [0.29, 0.717) is 24.7 Å². The number of thiophene rings is 1. The van der Waals surface area contributed by atoms with Crippen LogP contribution >= 0.6 is 11.3 Å². The van der Waals surface area contributed by atoms with Crippen molar-refractivity contribution in [3.05, 3.63) is 51.7 Å². The number of hydrogen-bond acceptors (Lipinski definition) is 5. The molecule has 1 aromatic heterocycles. The van der Waals surface area contributed by atoms with Crippen LogP contribution in [0.25, 0.3) is 0 Å². The average Bonchev–Trinajstić information content (AvgIpc) is 3.10. The van der Waals surface area contributed by atoms with Gasteiger partial charge in [0.05, 0.1) is 24.2 Å². The van der Waals surface area contributed by atoms with Crippen LogP contribution in [0.2, 0.25) is 0 Å². The minimum atomic E-state index is -3.54. The number of hydrogen-bond donors (Lipinski definition) is 1. The molecule has 0 aliphatic carbocycles. The molecule has 3 rings (SSSR count). The highest BCUT2D eigenvalue weighted by Crippen LogP contribution is 2.26. The van der Waals surface area contributed by atoms with Crippen molar-refractivity contribution in [2.75, 3.05) is 32.8 Å². The van der Waals surface area contributed by atoms with Gasteiger partial charge >= 0.3 is 0 Å². The molecular formula is C18H24N2O3S2. The Morgan fingerprint density at radius 3 is 2.64 bits per heavy atom. The Morgan fingerprint density at radius 2 is 2.00 bits per heavy atom. The molecule has 1 N–H and O–H groups in total. The summed E-state index contributed by atoms with van der Waals surface area (Å²) in [6.45, 7) is 7.15. The smallest absolute Gasteiger partial charge is 0.240 e. The van der Waals surface area contributed by atoms with Crippen molar-refractivity contribution in [1.29, 1.82) is 0 Å². The Labute approximate surface area is 153 Å². The number of ether oxygens (including phenoxy) is 1. The molecule has 0 bridgehead atoms. The van der Waals surface area contributed by atoms with Crippen LogP contribution in [-0.4, -0.2) is 46.2 Å². The summed E-state index contributed by atoms with van der Waals surface area (Å²) in [5.74, 6) is 0. The van der Waals surface area contributed by atoms with E-state index in [1.807, 2.05) is 37.4 Å². The maximum Gasteiger partial charge on any atom is 0.240 e. The van der Waals surface area contributed by atoms with Crippen LogP contribution in [0.5, 0.6) is 0 Å². The van der Waals surface area contributed by atoms with Gasteiger partial charge in [-0.1, -0.05) is 23.8 Å². The first-order valence-corrected chi connectivity index (χ1v) is 10.8. The summed E-state index contributed by atoms with van der Waals surface area (Å²) in [6, 6.07) is 9.52. The predicted molar refractivity (Wildman–Crippen MR) is 101 cm³/mol. The summed E-state index contributed by atoms with van der Waals surface area (Å²) in [5.41, 5.74) is 1.83. The van der Waals surface area contributed by atoms with Gasteiger partial charge in [0.2, 0.25) is 10.0 Å². The summed E-state index contributed by atoms with van der Waals surface area (Å²) in [7, 11) is -3.54. The van der Waals surface area contributed by atoms with Crippen molar-refractivity contribution < 1.29 is 13.2 Å². The second-order valence-electron chi connectivity index (χ2n) is 6.30. The number of morpholine rings is 1. The fraction of sp³-hybridized carbons (Fsp3) is 0.444.